The highest BCUT2D eigenvalue weighted by Crippen LogP contribution is 2.30. The summed E-state index contributed by atoms with van der Waals surface area (Å²) in [6, 6.07) is 0. The summed E-state index contributed by atoms with van der Waals surface area (Å²) in [6.07, 6.45) is 0.997. The number of rotatable bonds is 1. The molecule has 2 aliphatic rings. The maximum absolute atomic E-state index is 11.0. The topological polar surface area (TPSA) is 67.9 Å². The standard InChI is InChI=1S/C9H15N3O2/c1-2-12-5-3-9(4-6-12)7(10)11-8(13)14-9/h2-6H2,1H3,(H2,10,11,13). The Kier molecular flexibility index (Phi) is 2.19. The molecule has 2 rings (SSSR count). The molecule has 5 heteroatoms. The van der Waals surface area contributed by atoms with Crippen molar-refractivity contribution in [3.63, 3.8) is 0 Å². The number of likely N-dealkylation sites (tertiary alicyclic amines) is 1. The number of ether oxygens (including phenoxy) is 1. The molecule has 0 aliphatic carbocycles. The summed E-state index contributed by atoms with van der Waals surface area (Å²) in [5.41, 5.74) is 5.13. The molecule has 0 atom stereocenters. The lowest BCUT2D eigenvalue weighted by molar-refractivity contribution is 0.0284. The minimum absolute atomic E-state index is 0.359. The van der Waals surface area contributed by atoms with Gasteiger partial charge in [-0.1, -0.05) is 6.92 Å². The van der Waals surface area contributed by atoms with E-state index >= 15 is 0 Å². The quantitative estimate of drug-likeness (QED) is 0.658. The van der Waals surface area contributed by atoms with E-state index < -0.39 is 11.7 Å². The van der Waals surface area contributed by atoms with Crippen LogP contribution in [0.1, 0.15) is 19.8 Å². The molecule has 1 spiro atoms. The van der Waals surface area contributed by atoms with Gasteiger partial charge in [-0.05, 0) is 6.54 Å². The van der Waals surface area contributed by atoms with Crippen molar-refractivity contribution in [2.75, 3.05) is 19.6 Å². The number of hydrogen-bond acceptors (Lipinski definition) is 4. The second-order valence-corrected chi connectivity index (χ2v) is 3.79. The van der Waals surface area contributed by atoms with Crippen molar-refractivity contribution < 1.29 is 9.53 Å². The van der Waals surface area contributed by atoms with Gasteiger partial charge >= 0.3 is 6.09 Å². The van der Waals surface area contributed by atoms with E-state index in [9.17, 15) is 4.79 Å². The van der Waals surface area contributed by atoms with Crippen LogP contribution in [0.3, 0.4) is 0 Å². The van der Waals surface area contributed by atoms with Crippen LogP contribution in [0.4, 0.5) is 4.79 Å². The Hall–Kier alpha value is -1.10. The molecule has 2 heterocycles. The molecule has 0 aromatic rings. The van der Waals surface area contributed by atoms with Gasteiger partial charge in [0.1, 0.15) is 0 Å². The maximum atomic E-state index is 11.0. The highest BCUT2D eigenvalue weighted by molar-refractivity contribution is 6.02. The predicted molar refractivity (Wildman–Crippen MR) is 52.2 cm³/mol. The SMILES string of the molecule is CCN1CCC2(CC1)OC(=O)N=C2N. The molecule has 0 bridgehead atoms. The number of piperidine rings is 1. The van der Waals surface area contributed by atoms with Crippen molar-refractivity contribution >= 4 is 11.9 Å². The molecular weight excluding hydrogens is 182 g/mol. The van der Waals surface area contributed by atoms with Crippen molar-refractivity contribution in [1.29, 1.82) is 0 Å². The lowest BCUT2D eigenvalue weighted by Crippen LogP contribution is -2.51. The fourth-order valence-corrected chi connectivity index (χ4v) is 2.03. The van der Waals surface area contributed by atoms with Gasteiger partial charge in [-0.3, -0.25) is 0 Å². The third kappa shape index (κ3) is 1.37. The van der Waals surface area contributed by atoms with Gasteiger partial charge in [0.05, 0.1) is 0 Å². The third-order valence-corrected chi connectivity index (χ3v) is 3.07. The summed E-state index contributed by atoms with van der Waals surface area (Å²) in [5.74, 6) is 0.359. The molecule has 1 saturated heterocycles. The smallest absolute Gasteiger partial charge is 0.433 e. The Balaban J connectivity index is 2.07. The van der Waals surface area contributed by atoms with Gasteiger partial charge in [0.2, 0.25) is 0 Å². The molecule has 78 valence electrons. The van der Waals surface area contributed by atoms with Crippen LogP contribution in [0.25, 0.3) is 0 Å². The molecule has 0 unspecified atom stereocenters. The molecule has 0 saturated carbocycles. The zero-order valence-electron chi connectivity index (χ0n) is 8.32. The molecule has 2 N–H and O–H groups in total. The molecule has 2 aliphatic heterocycles. The fourth-order valence-electron chi connectivity index (χ4n) is 2.03. The van der Waals surface area contributed by atoms with Crippen LogP contribution in [0.2, 0.25) is 0 Å². The lowest BCUT2D eigenvalue weighted by atomic mass is 9.90. The van der Waals surface area contributed by atoms with E-state index in [1.807, 2.05) is 0 Å². The van der Waals surface area contributed by atoms with Crippen molar-refractivity contribution in [2.24, 2.45) is 10.7 Å². The van der Waals surface area contributed by atoms with Gasteiger partial charge in [0, 0.05) is 25.9 Å². The van der Waals surface area contributed by atoms with Crippen LogP contribution >= 0.6 is 0 Å². The summed E-state index contributed by atoms with van der Waals surface area (Å²) in [4.78, 5) is 16.9. The predicted octanol–water partition coefficient (Wildman–Crippen LogP) is 0.348. The first kappa shape index (κ1) is 9.45. The lowest BCUT2D eigenvalue weighted by Gasteiger charge is -2.36. The highest BCUT2D eigenvalue weighted by atomic mass is 16.6. The second kappa shape index (κ2) is 3.24. The molecule has 1 amide bonds. The van der Waals surface area contributed by atoms with E-state index in [2.05, 4.69) is 16.8 Å². The molecule has 0 radical (unpaired) electrons. The Morgan fingerprint density at radius 3 is 2.64 bits per heavy atom. The monoisotopic (exact) mass is 197 g/mol. The van der Waals surface area contributed by atoms with E-state index in [1.165, 1.54) is 0 Å². The largest absolute Gasteiger partial charge is 0.436 e. The van der Waals surface area contributed by atoms with Crippen molar-refractivity contribution in [2.45, 2.75) is 25.4 Å². The summed E-state index contributed by atoms with van der Waals surface area (Å²) < 4.78 is 5.20. The molecule has 5 nitrogen and oxygen atoms in total. The number of carbonyl (C=O) groups excluding carboxylic acids is 1. The molecule has 0 aromatic heterocycles. The van der Waals surface area contributed by atoms with Gasteiger partial charge < -0.3 is 15.4 Å². The Morgan fingerprint density at radius 1 is 1.57 bits per heavy atom. The zero-order valence-corrected chi connectivity index (χ0v) is 8.32. The van der Waals surface area contributed by atoms with Crippen molar-refractivity contribution in [3.8, 4) is 0 Å². The first-order chi connectivity index (χ1) is 6.66. The Labute approximate surface area is 82.9 Å². The molecule has 14 heavy (non-hydrogen) atoms. The number of aliphatic imine (C=N–C) groups is 1. The number of carbonyl (C=O) groups is 1. The van der Waals surface area contributed by atoms with Crippen molar-refractivity contribution in [3.05, 3.63) is 0 Å². The maximum Gasteiger partial charge on any atom is 0.436 e. The normalized spacial score (nSPS) is 26.4. The van der Waals surface area contributed by atoms with Crippen LogP contribution in [-0.4, -0.2) is 42.1 Å². The van der Waals surface area contributed by atoms with Gasteiger partial charge in [-0.15, -0.1) is 0 Å². The Bertz CT molecular complexity index is 280. The average molecular weight is 197 g/mol. The molecule has 1 fully saturated rings. The number of amidine groups is 1. The first-order valence-corrected chi connectivity index (χ1v) is 4.96. The summed E-state index contributed by atoms with van der Waals surface area (Å²) in [5, 5.41) is 0. The van der Waals surface area contributed by atoms with Crippen LogP contribution in [0.5, 0.6) is 0 Å². The number of nitrogens with two attached hydrogens (primary N) is 1. The van der Waals surface area contributed by atoms with Crippen molar-refractivity contribution in [1.82, 2.24) is 4.90 Å². The summed E-state index contributed by atoms with van der Waals surface area (Å²) in [6.45, 7) is 4.98. The van der Waals surface area contributed by atoms with Crippen LogP contribution < -0.4 is 5.73 Å². The van der Waals surface area contributed by atoms with Gasteiger partial charge in [0.15, 0.2) is 11.4 Å². The van der Waals surface area contributed by atoms with E-state index in [0.717, 1.165) is 32.5 Å². The van der Waals surface area contributed by atoms with E-state index in [-0.39, 0.29) is 0 Å². The zero-order chi connectivity index (χ0) is 10.2. The van der Waals surface area contributed by atoms with E-state index in [0.29, 0.717) is 5.84 Å². The average Bonchev–Trinajstić information content (AvgIpc) is 2.43. The highest BCUT2D eigenvalue weighted by Gasteiger charge is 2.45. The fraction of sp³-hybridized carbons (Fsp3) is 0.778. The summed E-state index contributed by atoms with van der Waals surface area (Å²) in [7, 11) is 0. The third-order valence-electron chi connectivity index (χ3n) is 3.07. The number of amides is 1. The van der Waals surface area contributed by atoms with E-state index in [1.54, 1.807) is 0 Å². The minimum Gasteiger partial charge on any atom is -0.433 e. The Morgan fingerprint density at radius 2 is 2.21 bits per heavy atom. The first-order valence-electron chi connectivity index (χ1n) is 4.96. The number of hydrogen-bond donors (Lipinski definition) is 1. The van der Waals surface area contributed by atoms with Gasteiger partial charge in [-0.25, -0.2) is 4.79 Å². The van der Waals surface area contributed by atoms with Gasteiger partial charge in [-0.2, -0.15) is 4.99 Å². The van der Waals surface area contributed by atoms with Crippen LogP contribution in [0, 0.1) is 0 Å². The summed E-state index contributed by atoms with van der Waals surface area (Å²) >= 11 is 0. The minimum atomic E-state index is -0.581. The van der Waals surface area contributed by atoms with Crippen LogP contribution in [-0.2, 0) is 4.74 Å². The second-order valence-electron chi connectivity index (χ2n) is 3.79. The van der Waals surface area contributed by atoms with Gasteiger partial charge in [0.25, 0.3) is 0 Å². The number of nitrogens with zero attached hydrogens (tertiary/aromatic N) is 2. The molecular formula is C9H15N3O2. The van der Waals surface area contributed by atoms with E-state index in [4.69, 9.17) is 10.5 Å². The molecule has 0 aromatic carbocycles. The van der Waals surface area contributed by atoms with Crippen LogP contribution in [0.15, 0.2) is 4.99 Å².